The van der Waals surface area contributed by atoms with Crippen molar-refractivity contribution in [2.75, 3.05) is 5.32 Å². The molecular weight excluding hydrogens is 220 g/mol. The minimum Gasteiger partial charge on any atom is -0.444 e. The summed E-state index contributed by atoms with van der Waals surface area (Å²) in [7, 11) is 0. The largest absolute Gasteiger partial charge is 0.444 e. The van der Waals surface area contributed by atoms with E-state index in [1.54, 1.807) is 39.0 Å². The van der Waals surface area contributed by atoms with Crippen molar-refractivity contribution in [2.24, 2.45) is 10.9 Å². The highest BCUT2D eigenvalue weighted by Gasteiger charge is 2.16. The molecule has 92 valence electrons. The van der Waals surface area contributed by atoms with E-state index in [0.29, 0.717) is 11.5 Å². The predicted octanol–water partition coefficient (Wildman–Crippen LogP) is 1.72. The quantitative estimate of drug-likeness (QED) is 0.465. The van der Waals surface area contributed by atoms with Gasteiger partial charge in [0.05, 0.1) is 11.9 Å². The number of hydrogen-bond donors (Lipinski definition) is 2. The lowest BCUT2D eigenvalue weighted by molar-refractivity contribution is 0.0635. The first kappa shape index (κ1) is 13.0. The minimum atomic E-state index is -0.549. The zero-order chi connectivity index (χ0) is 12.9. The number of nitrogens with zero attached hydrogens (tertiary/aromatic N) is 2. The third-order valence-corrected chi connectivity index (χ3v) is 1.61. The van der Waals surface area contributed by atoms with Gasteiger partial charge in [-0.25, -0.2) is 9.78 Å². The number of pyridine rings is 1. The molecule has 6 nitrogen and oxygen atoms in total. The van der Waals surface area contributed by atoms with Gasteiger partial charge in [0.1, 0.15) is 11.4 Å². The van der Waals surface area contributed by atoms with Gasteiger partial charge in [0, 0.05) is 0 Å². The Hall–Kier alpha value is -2.11. The van der Waals surface area contributed by atoms with Crippen LogP contribution < -0.4 is 11.2 Å². The molecule has 0 radical (unpaired) electrons. The number of carbonyl (C=O) groups is 1. The van der Waals surface area contributed by atoms with Crippen LogP contribution in [0, 0.1) is 0 Å². The molecule has 0 fully saturated rings. The number of rotatable bonds is 2. The number of carbonyl (C=O) groups excluding carboxylic acids is 1. The van der Waals surface area contributed by atoms with Gasteiger partial charge >= 0.3 is 6.09 Å². The maximum absolute atomic E-state index is 11.5. The smallest absolute Gasteiger partial charge is 0.413 e. The summed E-state index contributed by atoms with van der Waals surface area (Å²) in [5, 5.41) is 5.88. The lowest BCUT2D eigenvalue weighted by atomic mass is 10.2. The number of nitrogens with two attached hydrogens (primary N) is 1. The normalized spacial score (nSPS) is 11.5. The van der Waals surface area contributed by atoms with Gasteiger partial charge in [0.15, 0.2) is 0 Å². The number of hydrazone groups is 1. The molecular formula is C11H16N4O2. The van der Waals surface area contributed by atoms with Crippen molar-refractivity contribution in [2.45, 2.75) is 26.4 Å². The van der Waals surface area contributed by atoms with Gasteiger partial charge in [-0.3, -0.25) is 5.32 Å². The Morgan fingerprint density at radius 2 is 2.24 bits per heavy atom. The molecule has 1 aromatic rings. The van der Waals surface area contributed by atoms with Gasteiger partial charge in [0.2, 0.25) is 0 Å². The third-order valence-electron chi connectivity index (χ3n) is 1.61. The molecule has 0 aliphatic rings. The Labute approximate surface area is 99.9 Å². The zero-order valence-corrected chi connectivity index (χ0v) is 10.1. The Morgan fingerprint density at radius 3 is 2.82 bits per heavy atom. The number of anilines is 1. The molecule has 0 atom stereocenters. The maximum Gasteiger partial charge on any atom is 0.413 e. The SMILES string of the molecule is CC(C)(C)OC(=O)Nc1cccc(/C=N/N)n1. The van der Waals surface area contributed by atoms with E-state index in [1.807, 2.05) is 0 Å². The summed E-state index contributed by atoms with van der Waals surface area (Å²) in [5.74, 6) is 5.40. The molecule has 0 saturated heterocycles. The standard InChI is InChI=1S/C11H16N4O2/c1-11(2,3)17-10(16)15-9-6-4-5-8(14-9)7-13-12/h4-7H,12H2,1-3H3,(H,14,15,16)/b13-7+. The zero-order valence-electron chi connectivity index (χ0n) is 10.1. The number of amides is 1. The van der Waals surface area contributed by atoms with Crippen LogP contribution in [-0.2, 0) is 4.74 Å². The lowest BCUT2D eigenvalue weighted by Gasteiger charge is -2.19. The van der Waals surface area contributed by atoms with Crippen LogP contribution in [0.2, 0.25) is 0 Å². The molecule has 1 amide bonds. The van der Waals surface area contributed by atoms with Crippen molar-refractivity contribution in [1.82, 2.24) is 4.98 Å². The highest BCUT2D eigenvalue weighted by Crippen LogP contribution is 2.10. The van der Waals surface area contributed by atoms with Crippen LogP contribution in [0.1, 0.15) is 26.5 Å². The van der Waals surface area contributed by atoms with E-state index in [1.165, 1.54) is 6.21 Å². The van der Waals surface area contributed by atoms with E-state index in [9.17, 15) is 4.79 Å². The van der Waals surface area contributed by atoms with E-state index in [-0.39, 0.29) is 0 Å². The summed E-state index contributed by atoms with van der Waals surface area (Å²) in [6.45, 7) is 5.37. The molecule has 1 heterocycles. The van der Waals surface area contributed by atoms with Gasteiger partial charge in [-0.05, 0) is 32.9 Å². The average Bonchev–Trinajstić information content (AvgIpc) is 2.15. The van der Waals surface area contributed by atoms with Gasteiger partial charge in [-0.15, -0.1) is 0 Å². The Bertz CT molecular complexity index is 424. The van der Waals surface area contributed by atoms with Crippen molar-refractivity contribution in [3.05, 3.63) is 23.9 Å². The van der Waals surface area contributed by atoms with E-state index in [4.69, 9.17) is 10.6 Å². The Balaban J connectivity index is 2.68. The van der Waals surface area contributed by atoms with E-state index in [2.05, 4.69) is 15.4 Å². The summed E-state index contributed by atoms with van der Waals surface area (Å²) in [4.78, 5) is 15.6. The van der Waals surface area contributed by atoms with Crippen molar-refractivity contribution in [1.29, 1.82) is 0 Å². The van der Waals surface area contributed by atoms with Crippen LogP contribution in [0.3, 0.4) is 0 Å². The van der Waals surface area contributed by atoms with Crippen LogP contribution in [-0.4, -0.2) is 22.9 Å². The molecule has 0 saturated carbocycles. The van der Waals surface area contributed by atoms with Crippen molar-refractivity contribution >= 4 is 18.1 Å². The first-order chi connectivity index (χ1) is 7.90. The Morgan fingerprint density at radius 1 is 1.53 bits per heavy atom. The van der Waals surface area contributed by atoms with Crippen LogP contribution in [0.4, 0.5) is 10.6 Å². The molecule has 0 aliphatic carbocycles. The number of aromatic nitrogens is 1. The van der Waals surface area contributed by atoms with Crippen LogP contribution in [0.5, 0.6) is 0 Å². The number of hydrogen-bond acceptors (Lipinski definition) is 5. The van der Waals surface area contributed by atoms with Gasteiger partial charge in [-0.2, -0.15) is 5.10 Å². The predicted molar refractivity (Wildman–Crippen MR) is 65.9 cm³/mol. The first-order valence-corrected chi connectivity index (χ1v) is 5.11. The second-order valence-electron chi connectivity index (χ2n) is 4.35. The molecule has 0 aromatic carbocycles. The molecule has 0 bridgehead atoms. The summed E-state index contributed by atoms with van der Waals surface area (Å²) in [6, 6.07) is 5.10. The van der Waals surface area contributed by atoms with Crippen LogP contribution >= 0.6 is 0 Å². The number of ether oxygens (including phenoxy) is 1. The highest BCUT2D eigenvalue weighted by atomic mass is 16.6. The molecule has 3 N–H and O–H groups in total. The average molecular weight is 236 g/mol. The summed E-state index contributed by atoms with van der Waals surface area (Å²) >= 11 is 0. The molecule has 1 aromatic heterocycles. The lowest BCUT2D eigenvalue weighted by Crippen LogP contribution is -2.27. The van der Waals surface area contributed by atoms with Gasteiger partial charge < -0.3 is 10.6 Å². The summed E-state index contributed by atoms with van der Waals surface area (Å²) in [5.41, 5.74) is 0.0153. The van der Waals surface area contributed by atoms with Crippen LogP contribution in [0.15, 0.2) is 23.3 Å². The highest BCUT2D eigenvalue weighted by molar-refractivity contribution is 5.84. The number of nitrogens with one attached hydrogen (secondary N) is 1. The fraction of sp³-hybridized carbons (Fsp3) is 0.364. The first-order valence-electron chi connectivity index (χ1n) is 5.11. The van der Waals surface area contributed by atoms with Crippen molar-refractivity contribution in [3.8, 4) is 0 Å². The van der Waals surface area contributed by atoms with Crippen LogP contribution in [0.25, 0.3) is 0 Å². The molecule has 6 heteroatoms. The summed E-state index contributed by atoms with van der Waals surface area (Å²) < 4.78 is 5.09. The van der Waals surface area contributed by atoms with E-state index >= 15 is 0 Å². The van der Waals surface area contributed by atoms with Crippen molar-refractivity contribution < 1.29 is 9.53 Å². The van der Waals surface area contributed by atoms with E-state index < -0.39 is 11.7 Å². The van der Waals surface area contributed by atoms with E-state index in [0.717, 1.165) is 0 Å². The van der Waals surface area contributed by atoms with Gasteiger partial charge in [-0.1, -0.05) is 6.07 Å². The van der Waals surface area contributed by atoms with Gasteiger partial charge in [0.25, 0.3) is 0 Å². The summed E-state index contributed by atoms with van der Waals surface area (Å²) in [6.07, 6.45) is 0.840. The molecule has 17 heavy (non-hydrogen) atoms. The monoisotopic (exact) mass is 236 g/mol. The topological polar surface area (TPSA) is 89.6 Å². The molecule has 1 rings (SSSR count). The van der Waals surface area contributed by atoms with Crippen molar-refractivity contribution in [3.63, 3.8) is 0 Å². The minimum absolute atomic E-state index is 0.386. The molecule has 0 aliphatic heterocycles. The fourth-order valence-electron chi connectivity index (χ4n) is 1.08. The third kappa shape index (κ3) is 4.96. The molecule has 0 spiro atoms. The molecule has 0 unspecified atom stereocenters. The maximum atomic E-state index is 11.5. The fourth-order valence-corrected chi connectivity index (χ4v) is 1.08. The Kier molecular flexibility index (Phi) is 4.03. The second kappa shape index (κ2) is 5.29. The second-order valence-corrected chi connectivity index (χ2v) is 4.35.